The van der Waals surface area contributed by atoms with Gasteiger partial charge in [0.05, 0.1) is 11.0 Å². The molecule has 2 nitrogen and oxygen atoms in total. The standard InChI is InChI=1S/C12H23NOS/c1-9(2)11-8-12(5-7-14-11)13-6-4-10(3)15-12/h9-11,13H,4-8H2,1-3H3. The Hall–Kier alpha value is 0.270. The third-order valence-electron chi connectivity index (χ3n) is 3.54. The van der Waals surface area contributed by atoms with Gasteiger partial charge in [0.15, 0.2) is 0 Å². The van der Waals surface area contributed by atoms with Gasteiger partial charge in [-0.25, -0.2) is 0 Å². The molecule has 0 aliphatic carbocycles. The second-order valence-corrected chi connectivity index (χ2v) is 7.07. The first-order valence-corrected chi connectivity index (χ1v) is 7.04. The van der Waals surface area contributed by atoms with Crippen molar-refractivity contribution in [3.63, 3.8) is 0 Å². The van der Waals surface area contributed by atoms with Crippen molar-refractivity contribution in [3.05, 3.63) is 0 Å². The maximum Gasteiger partial charge on any atom is 0.0694 e. The van der Waals surface area contributed by atoms with Crippen LogP contribution in [-0.2, 0) is 4.74 Å². The third kappa shape index (κ3) is 2.69. The molecule has 0 aromatic rings. The average molecular weight is 229 g/mol. The van der Waals surface area contributed by atoms with E-state index in [4.69, 9.17) is 4.74 Å². The Labute approximate surface area is 97.5 Å². The van der Waals surface area contributed by atoms with Gasteiger partial charge in [0.1, 0.15) is 0 Å². The lowest BCUT2D eigenvalue weighted by Gasteiger charge is -2.46. The first-order chi connectivity index (χ1) is 7.11. The zero-order valence-electron chi connectivity index (χ0n) is 10.1. The Morgan fingerprint density at radius 1 is 1.47 bits per heavy atom. The van der Waals surface area contributed by atoms with Gasteiger partial charge in [0.2, 0.25) is 0 Å². The van der Waals surface area contributed by atoms with E-state index in [9.17, 15) is 0 Å². The van der Waals surface area contributed by atoms with Crippen LogP contribution in [0.5, 0.6) is 0 Å². The zero-order chi connectivity index (χ0) is 10.9. The zero-order valence-corrected chi connectivity index (χ0v) is 10.9. The molecule has 3 heteroatoms. The number of ether oxygens (including phenoxy) is 1. The lowest BCUT2D eigenvalue weighted by atomic mass is 9.94. The Kier molecular flexibility index (Phi) is 3.63. The minimum Gasteiger partial charge on any atom is -0.378 e. The molecular weight excluding hydrogens is 206 g/mol. The Morgan fingerprint density at radius 2 is 2.27 bits per heavy atom. The molecule has 0 amide bonds. The highest BCUT2D eigenvalue weighted by atomic mass is 32.2. The van der Waals surface area contributed by atoms with Crippen molar-refractivity contribution in [1.82, 2.24) is 5.32 Å². The second-order valence-electron chi connectivity index (χ2n) is 5.25. The summed E-state index contributed by atoms with van der Waals surface area (Å²) in [7, 11) is 0. The number of thioether (sulfide) groups is 1. The first-order valence-electron chi connectivity index (χ1n) is 6.16. The summed E-state index contributed by atoms with van der Waals surface area (Å²) >= 11 is 2.14. The van der Waals surface area contributed by atoms with Crippen molar-refractivity contribution >= 4 is 11.8 Å². The van der Waals surface area contributed by atoms with Crippen molar-refractivity contribution in [3.8, 4) is 0 Å². The second kappa shape index (κ2) is 4.64. The van der Waals surface area contributed by atoms with E-state index in [1.54, 1.807) is 0 Å². The average Bonchev–Trinajstić information content (AvgIpc) is 2.17. The van der Waals surface area contributed by atoms with E-state index in [-0.39, 0.29) is 0 Å². The molecule has 3 atom stereocenters. The van der Waals surface area contributed by atoms with Gasteiger partial charge in [-0.15, -0.1) is 11.8 Å². The van der Waals surface area contributed by atoms with Gasteiger partial charge in [-0.1, -0.05) is 20.8 Å². The molecule has 0 aromatic heterocycles. The number of hydrogen-bond acceptors (Lipinski definition) is 3. The van der Waals surface area contributed by atoms with E-state index in [1.807, 2.05) is 0 Å². The van der Waals surface area contributed by atoms with E-state index < -0.39 is 0 Å². The van der Waals surface area contributed by atoms with Crippen LogP contribution >= 0.6 is 11.8 Å². The predicted octanol–water partition coefficient (Wildman–Crippen LogP) is 2.63. The van der Waals surface area contributed by atoms with Crippen LogP contribution in [0.3, 0.4) is 0 Å². The molecule has 0 radical (unpaired) electrons. The molecule has 3 unspecified atom stereocenters. The van der Waals surface area contributed by atoms with Crippen molar-refractivity contribution in [2.75, 3.05) is 13.2 Å². The van der Waals surface area contributed by atoms with Gasteiger partial charge in [0.25, 0.3) is 0 Å². The summed E-state index contributed by atoms with van der Waals surface area (Å²) in [5, 5.41) is 4.54. The monoisotopic (exact) mass is 229 g/mol. The van der Waals surface area contributed by atoms with Crippen molar-refractivity contribution < 1.29 is 4.74 Å². The fourth-order valence-corrected chi connectivity index (χ4v) is 4.20. The van der Waals surface area contributed by atoms with Crippen molar-refractivity contribution in [2.45, 2.75) is 56.3 Å². The van der Waals surface area contributed by atoms with Crippen LogP contribution in [0.15, 0.2) is 0 Å². The summed E-state index contributed by atoms with van der Waals surface area (Å²) in [5.41, 5.74) is 0. The third-order valence-corrected chi connectivity index (χ3v) is 5.14. The van der Waals surface area contributed by atoms with Crippen LogP contribution in [0.1, 0.15) is 40.0 Å². The first kappa shape index (κ1) is 11.7. The van der Waals surface area contributed by atoms with Gasteiger partial charge in [-0.3, -0.25) is 0 Å². The molecule has 0 aromatic carbocycles. The lowest BCUT2D eigenvalue weighted by Crippen LogP contribution is -2.54. The molecule has 2 aliphatic rings. The molecule has 1 spiro atoms. The smallest absolute Gasteiger partial charge is 0.0694 e. The molecule has 2 heterocycles. The fourth-order valence-electron chi connectivity index (χ4n) is 2.55. The molecule has 15 heavy (non-hydrogen) atoms. The van der Waals surface area contributed by atoms with E-state index in [1.165, 1.54) is 25.8 Å². The molecule has 0 bridgehead atoms. The Balaban J connectivity index is 2.01. The highest BCUT2D eigenvalue weighted by Crippen LogP contribution is 2.42. The summed E-state index contributed by atoms with van der Waals surface area (Å²) in [6.45, 7) is 8.99. The van der Waals surface area contributed by atoms with E-state index in [0.717, 1.165) is 11.9 Å². The van der Waals surface area contributed by atoms with Crippen LogP contribution < -0.4 is 5.32 Å². The highest BCUT2D eigenvalue weighted by Gasteiger charge is 2.41. The number of hydrogen-bond donors (Lipinski definition) is 1. The topological polar surface area (TPSA) is 21.3 Å². The Bertz CT molecular complexity index is 218. The number of nitrogens with one attached hydrogen (secondary N) is 1. The van der Waals surface area contributed by atoms with Crippen molar-refractivity contribution in [2.24, 2.45) is 5.92 Å². The van der Waals surface area contributed by atoms with E-state index in [2.05, 4.69) is 37.8 Å². The molecule has 0 saturated carbocycles. The molecule has 2 fully saturated rings. The highest BCUT2D eigenvalue weighted by molar-refractivity contribution is 8.01. The summed E-state index contributed by atoms with van der Waals surface area (Å²) in [6.07, 6.45) is 4.11. The van der Waals surface area contributed by atoms with Crippen LogP contribution in [0.2, 0.25) is 0 Å². The van der Waals surface area contributed by atoms with Gasteiger partial charge in [-0.05, 0) is 25.3 Å². The van der Waals surface area contributed by atoms with Crippen LogP contribution in [0, 0.1) is 5.92 Å². The molecule has 2 rings (SSSR count). The molecule has 2 saturated heterocycles. The predicted molar refractivity (Wildman–Crippen MR) is 66.2 cm³/mol. The minimum atomic E-state index is 0.324. The summed E-state index contributed by atoms with van der Waals surface area (Å²) in [6, 6.07) is 0. The summed E-state index contributed by atoms with van der Waals surface area (Å²) in [4.78, 5) is 0.324. The lowest BCUT2D eigenvalue weighted by molar-refractivity contribution is -0.0318. The Morgan fingerprint density at radius 3 is 2.93 bits per heavy atom. The normalized spacial score (nSPS) is 42.4. The van der Waals surface area contributed by atoms with E-state index in [0.29, 0.717) is 16.9 Å². The fraction of sp³-hybridized carbons (Fsp3) is 1.00. The molecule has 88 valence electrons. The van der Waals surface area contributed by atoms with Crippen molar-refractivity contribution in [1.29, 1.82) is 0 Å². The molecular formula is C12H23NOS. The molecule has 1 N–H and O–H groups in total. The quantitative estimate of drug-likeness (QED) is 0.747. The van der Waals surface area contributed by atoms with E-state index >= 15 is 0 Å². The summed E-state index contributed by atoms with van der Waals surface area (Å²) in [5.74, 6) is 0.641. The van der Waals surface area contributed by atoms with Crippen LogP contribution in [0.25, 0.3) is 0 Å². The molecule has 2 aliphatic heterocycles. The van der Waals surface area contributed by atoms with Gasteiger partial charge in [-0.2, -0.15) is 0 Å². The van der Waals surface area contributed by atoms with Gasteiger partial charge in [0, 0.05) is 18.3 Å². The number of rotatable bonds is 1. The summed E-state index contributed by atoms with van der Waals surface area (Å²) < 4.78 is 5.85. The van der Waals surface area contributed by atoms with Gasteiger partial charge >= 0.3 is 0 Å². The van der Waals surface area contributed by atoms with Gasteiger partial charge < -0.3 is 10.1 Å². The van der Waals surface area contributed by atoms with Crippen LogP contribution in [0.4, 0.5) is 0 Å². The SMILES string of the molecule is CC1CCNC2(CCOC(C(C)C)C2)S1. The minimum absolute atomic E-state index is 0.324. The van der Waals surface area contributed by atoms with Crippen LogP contribution in [-0.4, -0.2) is 29.4 Å². The maximum absolute atomic E-state index is 5.85. The largest absolute Gasteiger partial charge is 0.378 e. The maximum atomic E-state index is 5.85.